The molecule has 0 heterocycles. The van der Waals surface area contributed by atoms with Gasteiger partial charge in [-0.2, -0.15) is 0 Å². The Morgan fingerprint density at radius 1 is 1.50 bits per heavy atom. The summed E-state index contributed by atoms with van der Waals surface area (Å²) in [5.74, 6) is 0. The van der Waals surface area contributed by atoms with E-state index in [0.717, 1.165) is 0 Å². The van der Waals surface area contributed by atoms with E-state index in [-0.39, 0.29) is 4.21 Å². The molecule has 0 radical (unpaired) electrons. The average Bonchev–Trinajstić information content (AvgIpc) is 0.811. The van der Waals surface area contributed by atoms with Crippen LogP contribution < -0.4 is 0 Å². The van der Waals surface area contributed by atoms with Gasteiger partial charge in [0.15, 0.2) is 0 Å². The van der Waals surface area contributed by atoms with Gasteiger partial charge in [0, 0.05) is 0 Å². The molecule has 0 saturated heterocycles. The fourth-order valence-corrected chi connectivity index (χ4v) is 0. The van der Waals surface area contributed by atoms with Gasteiger partial charge < -0.3 is 0 Å². The zero-order valence-electron chi connectivity index (χ0n) is 1.65. The van der Waals surface area contributed by atoms with Crippen molar-refractivity contribution in [1.29, 1.82) is 0 Å². The van der Waals surface area contributed by atoms with Crippen molar-refractivity contribution < 1.29 is 0 Å². The second-order valence-corrected chi connectivity index (χ2v) is 17.8. The standard InChI is InChI=1S/HI2PS/c1-4(2)3/h4H. The van der Waals surface area contributed by atoms with Crippen LogP contribution >= 0.6 is 54.4 Å². The second-order valence-electron chi connectivity index (χ2n) is 0.215. The molecule has 4 heteroatoms. The van der Waals surface area contributed by atoms with E-state index in [1.165, 1.54) is 0 Å². The third kappa shape index (κ3) is 8.87. The third-order valence-electron chi connectivity index (χ3n) is 0. The molecule has 0 N–H and O–H groups in total. The fourth-order valence-electron chi connectivity index (χ4n) is 0. The van der Waals surface area contributed by atoms with E-state index in [4.69, 9.17) is 0 Å². The topological polar surface area (TPSA) is 0 Å². The molecule has 0 unspecified atom stereocenters. The Balaban J connectivity index is 3.02. The van der Waals surface area contributed by atoms with Gasteiger partial charge in [-0.05, 0) is 0 Å². The van der Waals surface area contributed by atoms with Crippen molar-refractivity contribution in [3.63, 3.8) is 0 Å². The van der Waals surface area contributed by atoms with Crippen LogP contribution in [0.15, 0.2) is 0 Å². The van der Waals surface area contributed by atoms with E-state index in [0.29, 0.717) is 0 Å². The predicted octanol–water partition coefficient (Wildman–Crippen LogP) is 3.01. The van der Waals surface area contributed by atoms with Crippen molar-refractivity contribution in [3.05, 3.63) is 0 Å². The summed E-state index contributed by atoms with van der Waals surface area (Å²) in [6.45, 7) is 0. The molecule has 0 aliphatic heterocycles. The van der Waals surface area contributed by atoms with Gasteiger partial charge in [0.25, 0.3) is 0 Å². The first kappa shape index (κ1) is 6.24. The van der Waals surface area contributed by atoms with Gasteiger partial charge in [-0.3, -0.25) is 0 Å². The molecule has 0 nitrogen and oxygen atoms in total. The number of halogens is 2. The molecule has 0 aliphatic carbocycles. The van der Waals surface area contributed by atoms with E-state index in [9.17, 15) is 0 Å². The van der Waals surface area contributed by atoms with Crippen molar-refractivity contribution >= 4 is 54.4 Å². The summed E-state index contributed by atoms with van der Waals surface area (Å²) in [5.41, 5.74) is 0. The molecule has 0 aromatic rings. The molecule has 0 amide bonds. The molecule has 0 saturated carbocycles. The molecule has 0 rings (SSSR count). The molecule has 0 aliphatic rings. The van der Waals surface area contributed by atoms with Crippen molar-refractivity contribution in [2.45, 2.75) is 0 Å². The van der Waals surface area contributed by atoms with Crippen molar-refractivity contribution in [2.24, 2.45) is 0 Å². The Hall–Kier alpha value is 2.24. The van der Waals surface area contributed by atoms with Crippen LogP contribution in [0.1, 0.15) is 0 Å². The van der Waals surface area contributed by atoms with Gasteiger partial charge in [0.2, 0.25) is 0 Å². The molecular weight excluding hydrogens is 317 g/mol. The van der Waals surface area contributed by atoms with Crippen molar-refractivity contribution in [2.75, 3.05) is 0 Å². The average molecular weight is 318 g/mol. The molecule has 0 atom stereocenters. The van der Waals surface area contributed by atoms with Crippen LogP contribution in [0.5, 0.6) is 0 Å². The quantitative estimate of drug-likeness (QED) is 0.396. The summed E-state index contributed by atoms with van der Waals surface area (Å²) in [4.78, 5) is 0. The molecule has 0 spiro atoms. The molecule has 0 aromatic carbocycles. The Bertz CT molecular complexity index is 52.2. The van der Waals surface area contributed by atoms with Crippen molar-refractivity contribution in [1.82, 2.24) is 0 Å². The number of hydrogen-bond donors (Lipinski definition) is 1. The summed E-state index contributed by atoms with van der Waals surface area (Å²) in [6.07, 6.45) is 0. The van der Waals surface area contributed by atoms with Gasteiger partial charge in [-0.25, -0.2) is 0 Å². The molecular formula is HI2PS. The monoisotopic (exact) mass is 318 g/mol. The number of thiol groups is 1. The summed E-state index contributed by atoms with van der Waals surface area (Å²) in [6, 6.07) is 0. The predicted molar refractivity (Wildman–Crippen MR) is 43.9 cm³/mol. The number of rotatable bonds is 0. The minimum atomic E-state index is 0.0141. The van der Waals surface area contributed by atoms with Crippen LogP contribution in [0.3, 0.4) is 0 Å². The Labute approximate surface area is 53.7 Å². The zero-order valence-corrected chi connectivity index (χ0v) is 7.75. The van der Waals surface area contributed by atoms with E-state index in [1.807, 2.05) is 0 Å². The van der Waals surface area contributed by atoms with Crippen molar-refractivity contribution in [3.8, 4) is 0 Å². The molecule has 26 valence electrons. The molecule has 0 aromatic heterocycles. The molecule has 0 fully saturated rings. The van der Waals surface area contributed by atoms with Crippen LogP contribution in [0, 0.1) is 0 Å². The molecule has 4 heavy (non-hydrogen) atoms. The normalized spacial score (nSPS) is 8.50. The van der Waals surface area contributed by atoms with Crippen LogP contribution in [0.25, 0.3) is 0 Å². The summed E-state index contributed by atoms with van der Waals surface area (Å²) < 4.78 is 0.0141. The maximum atomic E-state index is 4.00. The molecule has 0 bridgehead atoms. The van der Waals surface area contributed by atoms with Crippen LogP contribution in [-0.4, -0.2) is 0 Å². The van der Waals surface area contributed by atoms with Gasteiger partial charge in [-0.15, -0.1) is 0 Å². The second kappa shape index (κ2) is 3.43. The van der Waals surface area contributed by atoms with Gasteiger partial charge in [-0.1, -0.05) is 0 Å². The van der Waals surface area contributed by atoms with Gasteiger partial charge in [0.05, 0.1) is 0 Å². The summed E-state index contributed by atoms with van der Waals surface area (Å²) >= 11 is 4.52. The SMILES string of the molecule is P#[SH](I)I. The third-order valence-corrected chi connectivity index (χ3v) is 0. The van der Waals surface area contributed by atoms with E-state index in [1.54, 1.807) is 0 Å². The Morgan fingerprint density at radius 3 is 1.50 bits per heavy atom. The summed E-state index contributed by atoms with van der Waals surface area (Å²) in [7, 11) is 4.00. The van der Waals surface area contributed by atoms with Crippen LogP contribution in [0.2, 0.25) is 0 Å². The first-order valence-electron chi connectivity index (χ1n) is 0.538. The first-order valence-corrected chi connectivity index (χ1v) is 8.60. The Kier molecular flexibility index (Phi) is 5.35. The number of hydrogen-bond acceptors (Lipinski definition) is 0. The van der Waals surface area contributed by atoms with Crippen LogP contribution in [-0.2, 0) is 0 Å². The maximum absolute atomic E-state index is 4.00. The Morgan fingerprint density at radius 2 is 1.50 bits per heavy atom. The first-order chi connectivity index (χ1) is 1.73. The fraction of sp³-hybridized carbons (Fsp3) is 0. The van der Waals surface area contributed by atoms with Gasteiger partial charge in [0.1, 0.15) is 0 Å². The van der Waals surface area contributed by atoms with E-state index < -0.39 is 0 Å². The summed E-state index contributed by atoms with van der Waals surface area (Å²) in [5, 5.41) is 0. The minimum absolute atomic E-state index is 0.0141. The van der Waals surface area contributed by atoms with Crippen LogP contribution in [0.4, 0.5) is 0 Å². The van der Waals surface area contributed by atoms with E-state index in [2.05, 4.69) is 50.2 Å². The zero-order chi connectivity index (χ0) is 3.58. The van der Waals surface area contributed by atoms with E-state index >= 15 is 0 Å². The van der Waals surface area contributed by atoms with Gasteiger partial charge >= 0.3 is 54.4 Å².